The van der Waals surface area contributed by atoms with E-state index in [2.05, 4.69) is 20.1 Å². The maximum Gasteiger partial charge on any atom is 0.213 e. The molecule has 0 amide bonds. The first kappa shape index (κ1) is 12.1. The molecule has 0 spiro atoms. The van der Waals surface area contributed by atoms with Crippen molar-refractivity contribution in [2.45, 2.75) is 25.8 Å². The molecule has 0 aliphatic rings. The van der Waals surface area contributed by atoms with Crippen molar-refractivity contribution >= 4 is 22.8 Å². The molecule has 0 saturated heterocycles. The third-order valence-electron chi connectivity index (χ3n) is 2.89. The Morgan fingerprint density at radius 2 is 2.26 bits per heavy atom. The highest BCUT2D eigenvalue weighted by atomic mass is 35.5. The third-order valence-corrected chi connectivity index (χ3v) is 3.13. The molecule has 0 aliphatic carbocycles. The van der Waals surface area contributed by atoms with E-state index < -0.39 is 0 Å². The smallest absolute Gasteiger partial charge is 0.213 e. The first-order valence-electron chi connectivity index (χ1n) is 5.91. The molecule has 6 nitrogen and oxygen atoms in total. The number of aryl methyl sites for hydroxylation is 3. The van der Waals surface area contributed by atoms with Gasteiger partial charge in [0, 0.05) is 19.2 Å². The highest BCUT2D eigenvalue weighted by Gasteiger charge is 2.12. The molecule has 3 heterocycles. The Morgan fingerprint density at radius 1 is 1.37 bits per heavy atom. The molecule has 3 aromatic rings. The minimum absolute atomic E-state index is 0.349. The minimum Gasteiger partial charge on any atom is -0.343 e. The van der Waals surface area contributed by atoms with E-state index in [-0.39, 0.29) is 0 Å². The summed E-state index contributed by atoms with van der Waals surface area (Å²) >= 11 is 5.94. The van der Waals surface area contributed by atoms with Gasteiger partial charge in [-0.2, -0.15) is 4.98 Å². The molecule has 7 heteroatoms. The predicted molar refractivity (Wildman–Crippen MR) is 69.8 cm³/mol. The molecule has 0 radical (unpaired) electrons. The number of rotatable bonds is 4. The van der Waals surface area contributed by atoms with Gasteiger partial charge in [0.15, 0.2) is 11.5 Å². The molecule has 0 N–H and O–H groups in total. The molecule has 19 heavy (non-hydrogen) atoms. The summed E-state index contributed by atoms with van der Waals surface area (Å²) in [7, 11) is 0. The van der Waals surface area contributed by atoms with Crippen LogP contribution in [0.15, 0.2) is 23.2 Å². The van der Waals surface area contributed by atoms with Crippen LogP contribution in [0.2, 0.25) is 0 Å². The molecule has 0 unspecified atom stereocenters. The number of aromatic nitrogens is 5. The second-order valence-electron chi connectivity index (χ2n) is 4.27. The van der Waals surface area contributed by atoms with Gasteiger partial charge in [0.1, 0.15) is 11.3 Å². The quantitative estimate of drug-likeness (QED) is 0.683. The molecule has 98 valence electrons. The molecule has 0 atom stereocenters. The van der Waals surface area contributed by atoms with E-state index in [1.807, 2.05) is 23.8 Å². The van der Waals surface area contributed by atoms with Gasteiger partial charge in [-0.3, -0.25) is 0 Å². The Balaban J connectivity index is 1.96. The molecular formula is C12H12ClN5O. The number of nitrogens with zero attached hydrogens (tertiary/aromatic N) is 5. The van der Waals surface area contributed by atoms with E-state index in [0.717, 1.165) is 22.6 Å². The summed E-state index contributed by atoms with van der Waals surface area (Å²) in [5, 5.41) is 3.79. The first-order valence-corrected chi connectivity index (χ1v) is 6.44. The van der Waals surface area contributed by atoms with Crippen molar-refractivity contribution in [3.05, 3.63) is 35.9 Å². The summed E-state index contributed by atoms with van der Waals surface area (Å²) in [4.78, 5) is 12.9. The lowest BCUT2D eigenvalue weighted by atomic mass is 10.3. The lowest BCUT2D eigenvalue weighted by Crippen LogP contribution is -2.06. The lowest BCUT2D eigenvalue weighted by molar-refractivity contribution is 0.408. The fourth-order valence-corrected chi connectivity index (χ4v) is 2.21. The molecule has 0 bridgehead atoms. The maximum absolute atomic E-state index is 5.94. The van der Waals surface area contributed by atoms with Gasteiger partial charge >= 0.3 is 0 Å². The Labute approximate surface area is 114 Å². The normalized spacial score (nSPS) is 11.3. The average molecular weight is 278 g/mol. The SMILES string of the molecule is Cc1cnc2c(c1)nc(CCl)n2CCc1ncon1. The van der Waals surface area contributed by atoms with Gasteiger partial charge in [0.05, 0.1) is 5.88 Å². The van der Waals surface area contributed by atoms with Crippen LogP contribution in [0, 0.1) is 6.92 Å². The van der Waals surface area contributed by atoms with Crippen molar-refractivity contribution in [1.29, 1.82) is 0 Å². The summed E-state index contributed by atoms with van der Waals surface area (Å²) in [6.07, 6.45) is 3.81. The summed E-state index contributed by atoms with van der Waals surface area (Å²) in [6, 6.07) is 2.00. The van der Waals surface area contributed by atoms with Crippen LogP contribution < -0.4 is 0 Å². The lowest BCUT2D eigenvalue weighted by Gasteiger charge is -2.04. The number of pyridine rings is 1. The van der Waals surface area contributed by atoms with Gasteiger partial charge in [0.25, 0.3) is 0 Å². The van der Waals surface area contributed by atoms with Gasteiger partial charge in [-0.15, -0.1) is 11.6 Å². The number of alkyl halides is 1. The monoisotopic (exact) mass is 277 g/mol. The third kappa shape index (κ3) is 2.31. The van der Waals surface area contributed by atoms with Crippen LogP contribution in [-0.2, 0) is 18.8 Å². The Morgan fingerprint density at radius 3 is 3.00 bits per heavy atom. The number of halogens is 1. The molecule has 3 aromatic heterocycles. The minimum atomic E-state index is 0.349. The Bertz CT molecular complexity index is 692. The zero-order valence-electron chi connectivity index (χ0n) is 10.4. The number of imidazole rings is 1. The highest BCUT2D eigenvalue weighted by Crippen LogP contribution is 2.17. The zero-order valence-corrected chi connectivity index (χ0v) is 11.1. The van der Waals surface area contributed by atoms with Gasteiger partial charge in [0.2, 0.25) is 6.39 Å². The molecule has 0 aliphatic heterocycles. The average Bonchev–Trinajstić information content (AvgIpc) is 3.02. The summed E-state index contributed by atoms with van der Waals surface area (Å²) < 4.78 is 6.71. The van der Waals surface area contributed by atoms with E-state index in [1.54, 1.807) is 0 Å². The molecule has 0 saturated carbocycles. The van der Waals surface area contributed by atoms with Crippen molar-refractivity contribution in [2.75, 3.05) is 0 Å². The van der Waals surface area contributed by atoms with Crippen LogP contribution >= 0.6 is 11.6 Å². The van der Waals surface area contributed by atoms with Crippen molar-refractivity contribution in [3.63, 3.8) is 0 Å². The molecule has 0 fully saturated rings. The highest BCUT2D eigenvalue weighted by molar-refractivity contribution is 6.16. The van der Waals surface area contributed by atoms with Crippen molar-refractivity contribution in [3.8, 4) is 0 Å². The standard InChI is InChI=1S/C12H12ClN5O/c1-8-4-9-12(14-6-8)18(11(5-13)16-9)3-2-10-15-7-19-17-10/h4,6-7H,2-3,5H2,1H3. The van der Waals surface area contributed by atoms with Crippen LogP contribution in [0.25, 0.3) is 11.2 Å². The largest absolute Gasteiger partial charge is 0.343 e. The van der Waals surface area contributed by atoms with Gasteiger partial charge < -0.3 is 9.09 Å². The molecule has 3 rings (SSSR count). The fraction of sp³-hybridized carbons (Fsp3) is 0.333. The van der Waals surface area contributed by atoms with E-state index in [4.69, 9.17) is 16.1 Å². The number of fused-ring (bicyclic) bond motifs is 1. The summed E-state index contributed by atoms with van der Waals surface area (Å²) in [5.41, 5.74) is 2.78. The zero-order chi connectivity index (χ0) is 13.2. The maximum atomic E-state index is 5.94. The summed E-state index contributed by atoms with van der Waals surface area (Å²) in [6.45, 7) is 2.67. The van der Waals surface area contributed by atoms with Crippen LogP contribution in [-0.4, -0.2) is 24.7 Å². The van der Waals surface area contributed by atoms with Crippen molar-refractivity contribution in [1.82, 2.24) is 24.7 Å². The number of hydrogen-bond donors (Lipinski definition) is 0. The van der Waals surface area contributed by atoms with Crippen LogP contribution in [0.5, 0.6) is 0 Å². The molecular weight excluding hydrogens is 266 g/mol. The van der Waals surface area contributed by atoms with Gasteiger partial charge in [-0.1, -0.05) is 5.16 Å². The van der Waals surface area contributed by atoms with Gasteiger partial charge in [-0.05, 0) is 18.6 Å². The van der Waals surface area contributed by atoms with Crippen molar-refractivity contribution in [2.24, 2.45) is 0 Å². The summed E-state index contributed by atoms with van der Waals surface area (Å²) in [5.74, 6) is 1.81. The molecule has 0 aromatic carbocycles. The van der Waals surface area contributed by atoms with Gasteiger partial charge in [-0.25, -0.2) is 9.97 Å². The van der Waals surface area contributed by atoms with Crippen LogP contribution in [0.3, 0.4) is 0 Å². The Hall–Kier alpha value is -1.95. The van der Waals surface area contributed by atoms with E-state index >= 15 is 0 Å². The fourth-order valence-electron chi connectivity index (χ4n) is 2.01. The second-order valence-corrected chi connectivity index (χ2v) is 4.53. The number of hydrogen-bond acceptors (Lipinski definition) is 5. The topological polar surface area (TPSA) is 69.6 Å². The van der Waals surface area contributed by atoms with E-state index in [9.17, 15) is 0 Å². The Kier molecular flexibility index (Phi) is 3.16. The predicted octanol–water partition coefficient (Wildman–Crippen LogP) is 2.10. The van der Waals surface area contributed by atoms with Crippen LogP contribution in [0.4, 0.5) is 0 Å². The van der Waals surface area contributed by atoms with E-state index in [0.29, 0.717) is 24.7 Å². The van der Waals surface area contributed by atoms with Crippen molar-refractivity contribution < 1.29 is 4.52 Å². The van der Waals surface area contributed by atoms with Crippen LogP contribution in [0.1, 0.15) is 17.2 Å². The first-order chi connectivity index (χ1) is 9.28. The van der Waals surface area contributed by atoms with E-state index in [1.165, 1.54) is 6.39 Å². The second kappa shape index (κ2) is 4.97.